The van der Waals surface area contributed by atoms with Gasteiger partial charge < -0.3 is 36.4 Å². The Morgan fingerprint density at radius 1 is 0.968 bits per heavy atom. The van der Waals surface area contributed by atoms with Gasteiger partial charge in [-0.05, 0) is 39.5 Å². The van der Waals surface area contributed by atoms with Crippen molar-refractivity contribution >= 4 is 29.6 Å². The van der Waals surface area contributed by atoms with Gasteiger partial charge in [0.2, 0.25) is 23.6 Å². The lowest BCUT2D eigenvalue weighted by Gasteiger charge is -2.30. The number of nitrogens with one attached hydrogen (secondary N) is 2. The summed E-state index contributed by atoms with van der Waals surface area (Å²) < 4.78 is 0. The summed E-state index contributed by atoms with van der Waals surface area (Å²) in [6, 6.07) is -4.01. The van der Waals surface area contributed by atoms with Gasteiger partial charge in [-0.2, -0.15) is 0 Å². The Kier molecular flexibility index (Phi) is 8.34. The van der Waals surface area contributed by atoms with Crippen LogP contribution in [0.3, 0.4) is 0 Å². The van der Waals surface area contributed by atoms with Crippen LogP contribution in [0.25, 0.3) is 0 Å². The van der Waals surface area contributed by atoms with Crippen LogP contribution in [0, 0.1) is 0 Å². The van der Waals surface area contributed by atoms with E-state index in [4.69, 9.17) is 10.8 Å². The van der Waals surface area contributed by atoms with Gasteiger partial charge in [-0.1, -0.05) is 0 Å². The van der Waals surface area contributed by atoms with Gasteiger partial charge in [0.25, 0.3) is 0 Å². The van der Waals surface area contributed by atoms with Crippen molar-refractivity contribution < 1.29 is 34.2 Å². The highest BCUT2D eigenvalue weighted by Crippen LogP contribution is 2.20. The van der Waals surface area contributed by atoms with E-state index in [0.29, 0.717) is 32.2 Å². The predicted octanol–water partition coefficient (Wildman–Crippen LogP) is -2.62. The van der Waals surface area contributed by atoms with Crippen molar-refractivity contribution in [3.63, 3.8) is 0 Å². The summed E-state index contributed by atoms with van der Waals surface area (Å²) in [5.74, 6) is -3.33. The Labute approximate surface area is 180 Å². The molecule has 0 radical (unpaired) electrons. The summed E-state index contributed by atoms with van der Waals surface area (Å²) in [7, 11) is 0. The SMILES string of the molecule is C[C@H](NC(=O)[C@@H]1CCCN1C(=O)CN)C(=O)N1CCC[C@H]1C(=O)N[C@H](C(=O)O)[C@@H](C)O. The summed E-state index contributed by atoms with van der Waals surface area (Å²) in [6.07, 6.45) is 0.706. The zero-order chi connectivity index (χ0) is 23.3. The van der Waals surface area contributed by atoms with Gasteiger partial charge in [-0.25, -0.2) is 4.79 Å². The number of aliphatic carboxylic acids is 1. The van der Waals surface area contributed by atoms with Gasteiger partial charge in [0.05, 0.1) is 12.6 Å². The van der Waals surface area contributed by atoms with E-state index < -0.39 is 54.0 Å². The summed E-state index contributed by atoms with van der Waals surface area (Å²) in [6.45, 7) is 3.25. The highest BCUT2D eigenvalue weighted by Gasteiger charge is 2.40. The molecule has 0 unspecified atom stereocenters. The largest absolute Gasteiger partial charge is 0.480 e. The molecule has 0 aromatic rings. The Bertz CT molecular complexity index is 728. The van der Waals surface area contributed by atoms with E-state index in [0.717, 1.165) is 0 Å². The Morgan fingerprint density at radius 2 is 1.48 bits per heavy atom. The number of nitrogens with zero attached hydrogens (tertiary/aromatic N) is 2. The summed E-state index contributed by atoms with van der Waals surface area (Å²) in [5, 5.41) is 23.6. The molecule has 12 heteroatoms. The van der Waals surface area contributed by atoms with Gasteiger partial charge in [-0.15, -0.1) is 0 Å². The molecule has 2 aliphatic heterocycles. The maximum atomic E-state index is 12.9. The monoisotopic (exact) mass is 441 g/mol. The lowest BCUT2D eigenvalue weighted by molar-refractivity contribution is -0.147. The van der Waals surface area contributed by atoms with E-state index in [1.54, 1.807) is 0 Å². The first kappa shape index (κ1) is 24.5. The fourth-order valence-electron chi connectivity index (χ4n) is 4.02. The number of hydrogen-bond acceptors (Lipinski definition) is 7. The van der Waals surface area contributed by atoms with Gasteiger partial charge in [0.1, 0.15) is 18.1 Å². The summed E-state index contributed by atoms with van der Waals surface area (Å²) >= 11 is 0. The number of carbonyl (C=O) groups excluding carboxylic acids is 4. The molecule has 2 rings (SSSR count). The number of nitrogens with two attached hydrogens (primary N) is 1. The molecule has 0 aliphatic carbocycles. The van der Waals surface area contributed by atoms with E-state index >= 15 is 0 Å². The third kappa shape index (κ3) is 5.70. The highest BCUT2D eigenvalue weighted by molar-refractivity contribution is 5.95. The molecule has 2 heterocycles. The molecule has 31 heavy (non-hydrogen) atoms. The number of likely N-dealkylation sites (tertiary alicyclic amines) is 2. The minimum atomic E-state index is -1.49. The van der Waals surface area contributed by atoms with E-state index in [2.05, 4.69) is 10.6 Å². The van der Waals surface area contributed by atoms with Crippen LogP contribution in [0.1, 0.15) is 39.5 Å². The standard InChI is InChI=1S/C19H31N5O7/c1-10(21-16(27)12-5-3-7-23(12)14(26)9-20)18(29)24-8-4-6-13(24)17(28)22-15(11(2)25)19(30)31/h10-13,15,25H,3-9,20H2,1-2H3,(H,21,27)(H,22,28)(H,30,31)/t10-,11+,12-,13-,15-/m0/s1. The number of amides is 4. The lowest BCUT2D eigenvalue weighted by Crippen LogP contribution is -2.57. The maximum absolute atomic E-state index is 12.9. The van der Waals surface area contributed by atoms with Crippen molar-refractivity contribution in [3.05, 3.63) is 0 Å². The zero-order valence-electron chi connectivity index (χ0n) is 17.7. The quantitative estimate of drug-likeness (QED) is 0.271. The Morgan fingerprint density at radius 3 is 2.00 bits per heavy atom. The Hall–Kier alpha value is -2.73. The van der Waals surface area contributed by atoms with Crippen molar-refractivity contribution in [2.45, 2.75) is 69.8 Å². The molecule has 174 valence electrons. The van der Waals surface area contributed by atoms with Crippen molar-refractivity contribution in [1.82, 2.24) is 20.4 Å². The number of rotatable bonds is 8. The molecular weight excluding hydrogens is 410 g/mol. The lowest BCUT2D eigenvalue weighted by atomic mass is 10.1. The number of aliphatic hydroxyl groups excluding tert-OH is 1. The van der Waals surface area contributed by atoms with Gasteiger partial charge in [0.15, 0.2) is 6.04 Å². The molecule has 0 aromatic carbocycles. The van der Waals surface area contributed by atoms with E-state index in [-0.39, 0.29) is 19.0 Å². The second-order valence-electron chi connectivity index (χ2n) is 7.93. The van der Waals surface area contributed by atoms with E-state index in [1.165, 1.54) is 23.6 Å². The zero-order valence-corrected chi connectivity index (χ0v) is 17.7. The second-order valence-corrected chi connectivity index (χ2v) is 7.93. The van der Waals surface area contributed by atoms with Crippen molar-refractivity contribution in [3.8, 4) is 0 Å². The first-order chi connectivity index (χ1) is 14.6. The average Bonchev–Trinajstić information content (AvgIpc) is 3.39. The number of hydrogen-bond donors (Lipinski definition) is 5. The molecule has 0 spiro atoms. The smallest absolute Gasteiger partial charge is 0.328 e. The van der Waals surface area contributed by atoms with Crippen LogP contribution in [0.4, 0.5) is 0 Å². The summed E-state index contributed by atoms with van der Waals surface area (Å²) in [5.41, 5.74) is 5.39. The van der Waals surface area contributed by atoms with Crippen LogP contribution < -0.4 is 16.4 Å². The molecule has 5 atom stereocenters. The molecule has 4 amide bonds. The van der Waals surface area contributed by atoms with Crippen LogP contribution in [0.2, 0.25) is 0 Å². The van der Waals surface area contributed by atoms with Crippen LogP contribution in [0.5, 0.6) is 0 Å². The topological polar surface area (TPSA) is 182 Å². The molecule has 0 aromatic heterocycles. The molecule has 12 nitrogen and oxygen atoms in total. The van der Waals surface area contributed by atoms with E-state index in [1.807, 2.05) is 0 Å². The summed E-state index contributed by atoms with van der Waals surface area (Å²) in [4.78, 5) is 63.9. The van der Waals surface area contributed by atoms with Crippen molar-refractivity contribution in [1.29, 1.82) is 0 Å². The average molecular weight is 441 g/mol. The molecular formula is C19H31N5O7. The molecule has 2 fully saturated rings. The van der Waals surface area contributed by atoms with Crippen molar-refractivity contribution in [2.24, 2.45) is 5.73 Å². The minimum absolute atomic E-state index is 0.202. The van der Waals surface area contributed by atoms with Gasteiger partial charge in [0, 0.05) is 13.1 Å². The van der Waals surface area contributed by atoms with E-state index in [9.17, 15) is 29.1 Å². The number of carboxylic acid groups (broad SMARTS) is 1. The molecule has 0 saturated carbocycles. The number of carbonyl (C=O) groups is 5. The number of carboxylic acids is 1. The van der Waals surface area contributed by atoms with Crippen LogP contribution in [-0.2, 0) is 24.0 Å². The first-order valence-corrected chi connectivity index (χ1v) is 10.4. The fraction of sp³-hybridized carbons (Fsp3) is 0.737. The minimum Gasteiger partial charge on any atom is -0.480 e. The predicted molar refractivity (Wildman–Crippen MR) is 107 cm³/mol. The van der Waals surface area contributed by atoms with Gasteiger partial charge in [-0.3, -0.25) is 19.2 Å². The third-order valence-corrected chi connectivity index (χ3v) is 5.66. The van der Waals surface area contributed by atoms with Crippen LogP contribution in [0.15, 0.2) is 0 Å². The molecule has 0 bridgehead atoms. The van der Waals surface area contributed by atoms with Gasteiger partial charge >= 0.3 is 5.97 Å². The maximum Gasteiger partial charge on any atom is 0.328 e. The van der Waals surface area contributed by atoms with Crippen LogP contribution >= 0.6 is 0 Å². The highest BCUT2D eigenvalue weighted by atomic mass is 16.4. The molecule has 6 N–H and O–H groups in total. The number of aliphatic hydroxyl groups is 1. The van der Waals surface area contributed by atoms with Crippen LogP contribution in [-0.4, -0.2) is 99.5 Å². The fourth-order valence-corrected chi connectivity index (χ4v) is 4.02. The second kappa shape index (κ2) is 10.5. The third-order valence-electron chi connectivity index (χ3n) is 5.66. The first-order valence-electron chi connectivity index (χ1n) is 10.4. The van der Waals surface area contributed by atoms with Crippen molar-refractivity contribution in [2.75, 3.05) is 19.6 Å². The Balaban J connectivity index is 2.00. The molecule has 2 saturated heterocycles. The normalized spacial score (nSPS) is 23.7. The molecule has 2 aliphatic rings.